The molecule has 0 aromatic heterocycles. The molecular formula is C24H34BrF. The zero-order valence-corrected chi connectivity index (χ0v) is 17.6. The van der Waals surface area contributed by atoms with Gasteiger partial charge in [0.05, 0.1) is 6.67 Å². The zero-order valence-electron chi connectivity index (χ0n) is 16.0. The number of alkyl halides is 1. The molecule has 0 N–H and O–H groups in total. The third-order valence-corrected chi connectivity index (χ3v) is 7.34. The Morgan fingerprint density at radius 1 is 0.885 bits per heavy atom. The van der Waals surface area contributed by atoms with Crippen molar-refractivity contribution in [1.82, 2.24) is 0 Å². The first kappa shape index (κ1) is 20.1. The van der Waals surface area contributed by atoms with Gasteiger partial charge in [-0.1, -0.05) is 53.1 Å². The minimum absolute atomic E-state index is 0.211. The number of hydrogen-bond acceptors (Lipinski definition) is 0. The van der Waals surface area contributed by atoms with Gasteiger partial charge in [0.25, 0.3) is 0 Å². The highest BCUT2D eigenvalue weighted by Crippen LogP contribution is 2.42. The highest BCUT2D eigenvalue weighted by Gasteiger charge is 2.30. The van der Waals surface area contributed by atoms with Crippen molar-refractivity contribution in [2.24, 2.45) is 23.7 Å². The van der Waals surface area contributed by atoms with Gasteiger partial charge < -0.3 is 0 Å². The van der Waals surface area contributed by atoms with E-state index in [0.717, 1.165) is 23.7 Å². The van der Waals surface area contributed by atoms with E-state index < -0.39 is 0 Å². The molecule has 2 aliphatic carbocycles. The topological polar surface area (TPSA) is 0 Å². The van der Waals surface area contributed by atoms with Crippen molar-refractivity contribution >= 4 is 15.9 Å². The quantitative estimate of drug-likeness (QED) is 0.393. The Morgan fingerprint density at radius 3 is 2.12 bits per heavy atom. The summed E-state index contributed by atoms with van der Waals surface area (Å²) in [4.78, 5) is 0. The molecule has 144 valence electrons. The summed E-state index contributed by atoms with van der Waals surface area (Å²) in [7, 11) is 0. The number of halogens is 2. The first-order chi connectivity index (χ1) is 12.7. The van der Waals surface area contributed by atoms with Crippen molar-refractivity contribution in [2.45, 2.75) is 70.6 Å². The molecule has 0 spiro atoms. The van der Waals surface area contributed by atoms with Crippen LogP contribution in [0.4, 0.5) is 4.39 Å². The van der Waals surface area contributed by atoms with Crippen LogP contribution in [0.2, 0.25) is 0 Å². The Balaban J connectivity index is 1.34. The molecule has 0 atom stereocenters. The van der Waals surface area contributed by atoms with Gasteiger partial charge in [-0.15, -0.1) is 0 Å². The maximum absolute atomic E-state index is 12.2. The van der Waals surface area contributed by atoms with Crippen LogP contribution in [-0.4, -0.2) is 6.67 Å². The fraction of sp³-hybridized carbons (Fsp3) is 0.667. The summed E-state index contributed by atoms with van der Waals surface area (Å²) in [5.41, 5.74) is 1.48. The molecule has 26 heavy (non-hydrogen) atoms. The van der Waals surface area contributed by atoms with Crippen LogP contribution in [-0.2, 0) is 6.42 Å². The Hall–Kier alpha value is -0.630. The SMILES string of the molecule is FCC/C=C/C1CCC(C2CCC(CCc3ccc(Br)cc3)CC2)CC1. The van der Waals surface area contributed by atoms with E-state index in [1.165, 1.54) is 74.2 Å². The predicted octanol–water partition coefficient (Wildman–Crippen LogP) is 7.91. The summed E-state index contributed by atoms with van der Waals surface area (Å²) in [6, 6.07) is 8.84. The van der Waals surface area contributed by atoms with Gasteiger partial charge >= 0.3 is 0 Å². The third kappa shape index (κ3) is 6.22. The van der Waals surface area contributed by atoms with Gasteiger partial charge in [0.1, 0.15) is 0 Å². The number of rotatable bonds is 7. The molecule has 2 fully saturated rings. The standard InChI is InChI=1S/C24H34BrF/c25-24-16-10-21(11-17-24)5-4-20-8-14-23(15-9-20)22-12-6-19(7-13-22)3-1-2-18-26/h1,3,10-11,16-17,19-20,22-23H,2,4-9,12-15,18H2/b3-1+. The van der Waals surface area contributed by atoms with Crippen LogP contribution in [0.1, 0.15) is 69.8 Å². The molecule has 0 radical (unpaired) electrons. The van der Waals surface area contributed by atoms with Gasteiger partial charge in [0.2, 0.25) is 0 Å². The second kappa shape index (κ2) is 10.6. The van der Waals surface area contributed by atoms with Crippen molar-refractivity contribution in [3.63, 3.8) is 0 Å². The molecule has 2 saturated carbocycles. The van der Waals surface area contributed by atoms with Crippen molar-refractivity contribution in [3.8, 4) is 0 Å². The molecule has 0 nitrogen and oxygen atoms in total. The first-order valence-electron chi connectivity index (χ1n) is 10.7. The Labute approximate surface area is 167 Å². The van der Waals surface area contributed by atoms with Crippen LogP contribution in [0.25, 0.3) is 0 Å². The van der Waals surface area contributed by atoms with E-state index in [0.29, 0.717) is 6.42 Å². The van der Waals surface area contributed by atoms with Crippen LogP contribution in [0.3, 0.4) is 0 Å². The maximum Gasteiger partial charge on any atom is 0.0928 e. The summed E-state index contributed by atoms with van der Waals surface area (Å²) < 4.78 is 13.4. The molecule has 1 aromatic rings. The van der Waals surface area contributed by atoms with E-state index in [2.05, 4.69) is 52.3 Å². The summed E-state index contributed by atoms with van der Waals surface area (Å²) in [5.74, 6) is 3.61. The fourth-order valence-corrected chi connectivity index (χ4v) is 5.40. The second-order valence-electron chi connectivity index (χ2n) is 8.53. The van der Waals surface area contributed by atoms with E-state index in [1.807, 2.05) is 0 Å². The summed E-state index contributed by atoms with van der Waals surface area (Å²) in [5, 5.41) is 0. The molecule has 0 amide bonds. The normalized spacial score (nSPS) is 29.9. The lowest BCUT2D eigenvalue weighted by atomic mass is 9.68. The Bertz CT molecular complexity index is 534. The third-order valence-electron chi connectivity index (χ3n) is 6.81. The molecule has 1 aromatic carbocycles. The second-order valence-corrected chi connectivity index (χ2v) is 9.44. The molecule has 0 heterocycles. The first-order valence-corrected chi connectivity index (χ1v) is 11.5. The molecular weight excluding hydrogens is 387 g/mol. The lowest BCUT2D eigenvalue weighted by molar-refractivity contribution is 0.152. The minimum Gasteiger partial charge on any atom is -0.251 e. The number of benzene rings is 1. The van der Waals surface area contributed by atoms with Crippen LogP contribution in [0.5, 0.6) is 0 Å². The van der Waals surface area contributed by atoms with Crippen molar-refractivity contribution in [3.05, 3.63) is 46.5 Å². The van der Waals surface area contributed by atoms with Crippen molar-refractivity contribution < 1.29 is 4.39 Å². The minimum atomic E-state index is -0.211. The van der Waals surface area contributed by atoms with E-state index in [-0.39, 0.29) is 6.67 Å². The van der Waals surface area contributed by atoms with Crippen LogP contribution >= 0.6 is 15.9 Å². The lowest BCUT2D eigenvalue weighted by Crippen LogP contribution is -2.25. The van der Waals surface area contributed by atoms with Gasteiger partial charge in [-0.3, -0.25) is 4.39 Å². The highest BCUT2D eigenvalue weighted by molar-refractivity contribution is 9.10. The van der Waals surface area contributed by atoms with Gasteiger partial charge in [0.15, 0.2) is 0 Å². The predicted molar refractivity (Wildman–Crippen MR) is 113 cm³/mol. The summed E-state index contributed by atoms with van der Waals surface area (Å²) >= 11 is 3.52. The largest absolute Gasteiger partial charge is 0.251 e. The number of hydrogen-bond donors (Lipinski definition) is 0. The monoisotopic (exact) mass is 420 g/mol. The smallest absolute Gasteiger partial charge is 0.0928 e. The molecule has 3 rings (SSSR count). The summed E-state index contributed by atoms with van der Waals surface area (Å²) in [6.07, 6.45) is 18.8. The molecule has 2 heteroatoms. The molecule has 0 aliphatic heterocycles. The molecule has 0 bridgehead atoms. The molecule has 0 unspecified atom stereocenters. The molecule has 2 aliphatic rings. The van der Waals surface area contributed by atoms with Gasteiger partial charge in [0, 0.05) is 4.47 Å². The maximum atomic E-state index is 12.2. The van der Waals surface area contributed by atoms with Crippen molar-refractivity contribution in [1.29, 1.82) is 0 Å². The lowest BCUT2D eigenvalue weighted by Gasteiger charge is -2.37. The number of aryl methyl sites for hydroxylation is 1. The van der Waals surface area contributed by atoms with E-state index >= 15 is 0 Å². The van der Waals surface area contributed by atoms with Crippen LogP contribution < -0.4 is 0 Å². The van der Waals surface area contributed by atoms with Crippen LogP contribution in [0.15, 0.2) is 40.9 Å². The van der Waals surface area contributed by atoms with E-state index in [9.17, 15) is 4.39 Å². The number of allylic oxidation sites excluding steroid dienone is 2. The summed E-state index contributed by atoms with van der Waals surface area (Å²) in [6.45, 7) is -0.211. The zero-order chi connectivity index (χ0) is 18.2. The highest BCUT2D eigenvalue weighted by atomic mass is 79.9. The van der Waals surface area contributed by atoms with Gasteiger partial charge in [-0.05, 0) is 99.2 Å². The Morgan fingerprint density at radius 2 is 1.50 bits per heavy atom. The van der Waals surface area contributed by atoms with Crippen molar-refractivity contribution in [2.75, 3.05) is 6.67 Å². The van der Waals surface area contributed by atoms with E-state index in [1.54, 1.807) is 0 Å². The fourth-order valence-electron chi connectivity index (χ4n) is 5.13. The average molecular weight is 421 g/mol. The average Bonchev–Trinajstić information content (AvgIpc) is 2.69. The van der Waals surface area contributed by atoms with Gasteiger partial charge in [-0.25, -0.2) is 0 Å². The Kier molecular flexibility index (Phi) is 8.23. The van der Waals surface area contributed by atoms with Crippen LogP contribution in [0, 0.1) is 23.7 Å². The molecule has 0 saturated heterocycles. The van der Waals surface area contributed by atoms with E-state index in [4.69, 9.17) is 0 Å². The van der Waals surface area contributed by atoms with Gasteiger partial charge in [-0.2, -0.15) is 0 Å².